The second-order valence-corrected chi connectivity index (χ2v) is 6.02. The highest BCUT2D eigenvalue weighted by atomic mass is 32.1. The number of likely N-dealkylation sites (N-methyl/N-ethyl adjacent to an activating group) is 1. The van der Waals surface area contributed by atoms with Gasteiger partial charge in [0.15, 0.2) is 17.4 Å². The fraction of sp³-hybridized carbons (Fsp3) is 0.235. The molecule has 0 aliphatic heterocycles. The van der Waals surface area contributed by atoms with Crippen molar-refractivity contribution in [2.75, 3.05) is 25.5 Å². The van der Waals surface area contributed by atoms with E-state index in [4.69, 9.17) is 4.74 Å². The van der Waals surface area contributed by atoms with Gasteiger partial charge in [-0.2, -0.15) is 0 Å². The van der Waals surface area contributed by atoms with E-state index in [9.17, 15) is 14.0 Å². The van der Waals surface area contributed by atoms with Gasteiger partial charge >= 0.3 is 5.97 Å². The Morgan fingerprint density at radius 3 is 2.80 bits per heavy atom. The lowest BCUT2D eigenvalue weighted by Crippen LogP contribution is -2.30. The van der Waals surface area contributed by atoms with Crippen LogP contribution in [0.25, 0.3) is 0 Å². The number of aromatic nitrogens is 1. The standard InChI is InChI=1S/C17H18FN3O3S/c1-3-8-19-17-20-14(11-25-17)16(23)24-10-15(22)21(2)9-12-4-6-13(18)7-5-12/h3-7,11H,1,8-10H2,2H3,(H,19,20). The molecule has 0 saturated heterocycles. The van der Waals surface area contributed by atoms with Crippen LogP contribution < -0.4 is 5.32 Å². The molecule has 2 rings (SSSR count). The van der Waals surface area contributed by atoms with Crippen LogP contribution in [0.1, 0.15) is 16.1 Å². The number of hydrogen-bond donors (Lipinski definition) is 1. The zero-order chi connectivity index (χ0) is 18.2. The Hall–Kier alpha value is -2.74. The van der Waals surface area contributed by atoms with Crippen LogP contribution >= 0.6 is 11.3 Å². The Morgan fingerprint density at radius 1 is 1.40 bits per heavy atom. The SMILES string of the molecule is C=CCNc1nc(C(=O)OCC(=O)N(C)Cc2ccc(F)cc2)cs1. The normalized spacial score (nSPS) is 10.2. The molecule has 1 amide bonds. The summed E-state index contributed by atoms with van der Waals surface area (Å²) in [5.74, 6) is -1.36. The van der Waals surface area contributed by atoms with E-state index in [2.05, 4.69) is 16.9 Å². The number of nitrogens with zero attached hydrogens (tertiary/aromatic N) is 2. The van der Waals surface area contributed by atoms with Gasteiger partial charge in [0.25, 0.3) is 5.91 Å². The number of amides is 1. The van der Waals surface area contributed by atoms with Crippen LogP contribution in [0.4, 0.5) is 9.52 Å². The van der Waals surface area contributed by atoms with E-state index in [1.54, 1.807) is 30.6 Å². The maximum Gasteiger partial charge on any atom is 0.358 e. The van der Waals surface area contributed by atoms with Crippen molar-refractivity contribution in [1.29, 1.82) is 0 Å². The Morgan fingerprint density at radius 2 is 2.12 bits per heavy atom. The molecule has 0 spiro atoms. The zero-order valence-corrected chi connectivity index (χ0v) is 14.5. The van der Waals surface area contributed by atoms with Gasteiger partial charge < -0.3 is 15.0 Å². The van der Waals surface area contributed by atoms with Crippen LogP contribution in [0, 0.1) is 5.82 Å². The second-order valence-electron chi connectivity index (χ2n) is 5.16. The van der Waals surface area contributed by atoms with E-state index in [1.807, 2.05) is 0 Å². The summed E-state index contributed by atoms with van der Waals surface area (Å²) in [5, 5.41) is 5.10. The molecule has 0 radical (unpaired) electrons. The Labute approximate surface area is 148 Å². The molecular weight excluding hydrogens is 345 g/mol. The van der Waals surface area contributed by atoms with Gasteiger partial charge in [-0.1, -0.05) is 18.2 Å². The lowest BCUT2D eigenvalue weighted by molar-refractivity contribution is -0.133. The lowest BCUT2D eigenvalue weighted by atomic mass is 10.2. The molecule has 6 nitrogen and oxygen atoms in total. The monoisotopic (exact) mass is 363 g/mol. The minimum atomic E-state index is -0.661. The zero-order valence-electron chi connectivity index (χ0n) is 13.7. The van der Waals surface area contributed by atoms with Crippen LogP contribution in [-0.2, 0) is 16.1 Å². The Bertz CT molecular complexity index is 746. The largest absolute Gasteiger partial charge is 0.451 e. The number of ether oxygens (including phenoxy) is 1. The molecule has 132 valence electrons. The fourth-order valence-corrected chi connectivity index (χ4v) is 2.56. The third-order valence-corrected chi connectivity index (χ3v) is 4.00. The highest BCUT2D eigenvalue weighted by Gasteiger charge is 2.16. The van der Waals surface area contributed by atoms with E-state index < -0.39 is 5.97 Å². The topological polar surface area (TPSA) is 71.5 Å². The van der Waals surface area contributed by atoms with Gasteiger partial charge in [-0.3, -0.25) is 4.79 Å². The number of esters is 1. The van der Waals surface area contributed by atoms with Gasteiger partial charge in [0.05, 0.1) is 0 Å². The summed E-state index contributed by atoms with van der Waals surface area (Å²) in [5.41, 5.74) is 0.923. The lowest BCUT2D eigenvalue weighted by Gasteiger charge is -2.17. The van der Waals surface area contributed by atoms with E-state index in [0.717, 1.165) is 5.56 Å². The number of nitrogens with one attached hydrogen (secondary N) is 1. The van der Waals surface area contributed by atoms with Crippen LogP contribution in [0.3, 0.4) is 0 Å². The van der Waals surface area contributed by atoms with Crippen LogP contribution in [0.5, 0.6) is 0 Å². The maximum absolute atomic E-state index is 12.9. The van der Waals surface area contributed by atoms with Crippen LogP contribution in [0.2, 0.25) is 0 Å². The van der Waals surface area contributed by atoms with Crippen molar-refractivity contribution in [3.63, 3.8) is 0 Å². The number of carbonyl (C=O) groups is 2. The molecule has 8 heteroatoms. The predicted molar refractivity (Wildman–Crippen MR) is 94.0 cm³/mol. The fourth-order valence-electron chi connectivity index (χ4n) is 1.87. The number of thiazole rings is 1. The number of halogens is 1. The smallest absolute Gasteiger partial charge is 0.358 e. The quantitative estimate of drug-likeness (QED) is 0.577. The van der Waals surface area contributed by atoms with Crippen LogP contribution in [0.15, 0.2) is 42.3 Å². The first kappa shape index (κ1) is 18.6. The average molecular weight is 363 g/mol. The van der Waals surface area contributed by atoms with E-state index >= 15 is 0 Å². The van der Waals surface area contributed by atoms with Gasteiger partial charge in [-0.05, 0) is 17.7 Å². The summed E-state index contributed by atoms with van der Waals surface area (Å²) >= 11 is 1.26. The highest BCUT2D eigenvalue weighted by Crippen LogP contribution is 2.16. The third-order valence-electron chi connectivity index (χ3n) is 3.20. The number of benzene rings is 1. The van der Waals surface area contributed by atoms with Crippen molar-refractivity contribution < 1.29 is 18.7 Å². The van der Waals surface area contributed by atoms with Crippen LogP contribution in [-0.4, -0.2) is 42.0 Å². The predicted octanol–water partition coefficient (Wildman–Crippen LogP) is 2.70. The molecule has 0 bridgehead atoms. The number of rotatable bonds is 8. The molecule has 2 aromatic rings. The Balaban J connectivity index is 1.81. The Kier molecular flexibility index (Phi) is 6.64. The van der Waals surface area contributed by atoms with Crippen molar-refractivity contribution in [3.05, 3.63) is 59.4 Å². The van der Waals surface area contributed by atoms with Gasteiger partial charge in [0.1, 0.15) is 5.82 Å². The van der Waals surface area contributed by atoms with Crippen molar-refractivity contribution in [3.8, 4) is 0 Å². The van der Waals surface area contributed by atoms with E-state index in [1.165, 1.54) is 28.4 Å². The summed E-state index contributed by atoms with van der Waals surface area (Å²) < 4.78 is 17.9. The molecule has 25 heavy (non-hydrogen) atoms. The molecule has 0 aliphatic carbocycles. The van der Waals surface area contributed by atoms with Crippen molar-refractivity contribution in [2.24, 2.45) is 0 Å². The molecular formula is C17H18FN3O3S. The second kappa shape index (κ2) is 8.93. The summed E-state index contributed by atoms with van der Waals surface area (Å²) in [6.45, 7) is 4.02. The molecule has 1 N–H and O–H groups in total. The number of carbonyl (C=O) groups excluding carboxylic acids is 2. The summed E-state index contributed by atoms with van der Waals surface area (Å²) in [7, 11) is 1.58. The molecule has 0 atom stereocenters. The van der Waals surface area contributed by atoms with Gasteiger partial charge in [-0.15, -0.1) is 17.9 Å². The van der Waals surface area contributed by atoms with Gasteiger partial charge in [0.2, 0.25) is 0 Å². The maximum atomic E-state index is 12.9. The average Bonchev–Trinajstić information content (AvgIpc) is 3.08. The van der Waals surface area contributed by atoms with Gasteiger partial charge in [-0.25, -0.2) is 14.2 Å². The molecule has 1 aromatic carbocycles. The summed E-state index contributed by atoms with van der Waals surface area (Å²) in [6.07, 6.45) is 1.68. The molecule has 0 saturated carbocycles. The summed E-state index contributed by atoms with van der Waals surface area (Å²) in [6, 6.07) is 5.85. The number of hydrogen-bond acceptors (Lipinski definition) is 6. The third kappa shape index (κ3) is 5.68. The highest BCUT2D eigenvalue weighted by molar-refractivity contribution is 7.13. The minimum absolute atomic E-state index is 0.144. The van der Waals surface area contributed by atoms with Crippen molar-refractivity contribution >= 4 is 28.3 Å². The minimum Gasteiger partial charge on any atom is -0.451 e. The molecule has 1 aromatic heterocycles. The first-order chi connectivity index (χ1) is 12.0. The first-order valence-corrected chi connectivity index (χ1v) is 8.33. The molecule has 0 fully saturated rings. The molecule has 0 unspecified atom stereocenters. The first-order valence-electron chi connectivity index (χ1n) is 7.45. The number of anilines is 1. The van der Waals surface area contributed by atoms with Crippen molar-refractivity contribution in [2.45, 2.75) is 6.54 Å². The molecule has 0 aliphatic rings. The van der Waals surface area contributed by atoms with E-state index in [-0.39, 0.29) is 24.0 Å². The van der Waals surface area contributed by atoms with E-state index in [0.29, 0.717) is 18.2 Å². The van der Waals surface area contributed by atoms with Crippen molar-refractivity contribution in [1.82, 2.24) is 9.88 Å². The van der Waals surface area contributed by atoms with Gasteiger partial charge in [0, 0.05) is 25.5 Å². The molecule has 1 heterocycles. The summed E-state index contributed by atoms with van der Waals surface area (Å²) in [4.78, 5) is 29.4.